The van der Waals surface area contributed by atoms with Crippen LogP contribution in [-0.4, -0.2) is 26.1 Å². The minimum absolute atomic E-state index is 0.0403. The van der Waals surface area contributed by atoms with Gasteiger partial charge in [0.25, 0.3) is 0 Å². The molecule has 0 bridgehead atoms. The average Bonchev–Trinajstić information content (AvgIpc) is 2.71. The summed E-state index contributed by atoms with van der Waals surface area (Å²) in [5, 5.41) is -0.808. The molecular weight excluding hydrogens is 274 g/mol. The lowest BCUT2D eigenvalue weighted by Gasteiger charge is -2.16. The molecule has 6 heteroatoms. The predicted molar refractivity (Wildman–Crippen MR) is 71.4 cm³/mol. The summed E-state index contributed by atoms with van der Waals surface area (Å²) in [6, 6.07) is 7.54. The zero-order chi connectivity index (χ0) is 13.3. The number of nitrogens with zero attached hydrogens (tertiary/aromatic N) is 1. The fraction of sp³-hybridized carbons (Fsp3) is 0.417. The molecule has 0 radical (unpaired) electrons. The normalized spacial score (nSPS) is 20.4. The maximum atomic E-state index is 11.8. The molecular formula is C12H14ClNO3S. The van der Waals surface area contributed by atoms with Crippen LogP contribution in [-0.2, 0) is 20.3 Å². The quantitative estimate of drug-likeness (QED) is 0.798. The molecule has 1 unspecified atom stereocenters. The zero-order valence-electron chi connectivity index (χ0n) is 9.97. The van der Waals surface area contributed by atoms with E-state index < -0.39 is 14.3 Å². The highest BCUT2D eigenvalue weighted by Crippen LogP contribution is 2.26. The van der Waals surface area contributed by atoms with Gasteiger partial charge >= 0.3 is 0 Å². The smallest absolute Gasteiger partial charge is 0.237 e. The summed E-state index contributed by atoms with van der Waals surface area (Å²) in [6.45, 7) is 2.18. The van der Waals surface area contributed by atoms with Crippen LogP contribution in [0.25, 0.3) is 0 Å². The third kappa shape index (κ3) is 2.67. The van der Waals surface area contributed by atoms with E-state index >= 15 is 0 Å². The topological polar surface area (TPSA) is 54.5 Å². The van der Waals surface area contributed by atoms with Gasteiger partial charge in [-0.05, 0) is 24.1 Å². The summed E-state index contributed by atoms with van der Waals surface area (Å²) >= 11 is 0. The minimum atomic E-state index is -3.68. The van der Waals surface area contributed by atoms with Crippen molar-refractivity contribution in [2.45, 2.75) is 25.0 Å². The molecule has 18 heavy (non-hydrogen) atoms. The van der Waals surface area contributed by atoms with Gasteiger partial charge in [-0.25, -0.2) is 8.42 Å². The van der Waals surface area contributed by atoms with Crippen molar-refractivity contribution in [2.75, 3.05) is 11.4 Å². The van der Waals surface area contributed by atoms with Gasteiger partial charge in [0.1, 0.15) is 5.25 Å². The fourth-order valence-electron chi connectivity index (χ4n) is 2.02. The molecule has 1 aliphatic rings. The Bertz CT molecular complexity index is 553. The van der Waals surface area contributed by atoms with E-state index in [4.69, 9.17) is 10.7 Å². The lowest BCUT2D eigenvalue weighted by molar-refractivity contribution is -0.117. The highest BCUT2D eigenvalue weighted by molar-refractivity contribution is 8.14. The molecule has 1 aromatic rings. The number of benzene rings is 1. The van der Waals surface area contributed by atoms with E-state index in [2.05, 4.69) is 0 Å². The Hall–Kier alpha value is -1.07. The van der Waals surface area contributed by atoms with E-state index in [0.29, 0.717) is 0 Å². The SMILES string of the molecule is CCc1ccc(N2CC(S(=O)(=O)Cl)CC2=O)cc1. The first kappa shape index (κ1) is 13.4. The van der Waals surface area contributed by atoms with Crippen molar-refractivity contribution >= 4 is 31.3 Å². The van der Waals surface area contributed by atoms with Crippen molar-refractivity contribution in [1.29, 1.82) is 0 Å². The molecule has 98 valence electrons. The second-order valence-corrected chi connectivity index (χ2v) is 7.23. The monoisotopic (exact) mass is 287 g/mol. The number of rotatable bonds is 3. The molecule has 0 aromatic heterocycles. The third-order valence-electron chi connectivity index (χ3n) is 3.14. The highest BCUT2D eigenvalue weighted by Gasteiger charge is 2.37. The van der Waals surface area contributed by atoms with Crippen LogP contribution in [0.4, 0.5) is 5.69 Å². The van der Waals surface area contributed by atoms with Crippen LogP contribution >= 0.6 is 10.7 Å². The van der Waals surface area contributed by atoms with Gasteiger partial charge in [-0.3, -0.25) is 4.79 Å². The molecule has 4 nitrogen and oxygen atoms in total. The van der Waals surface area contributed by atoms with Crippen LogP contribution in [0.2, 0.25) is 0 Å². The number of hydrogen-bond donors (Lipinski definition) is 0. The number of aryl methyl sites for hydroxylation is 1. The number of anilines is 1. The van der Waals surface area contributed by atoms with E-state index in [0.717, 1.165) is 12.1 Å². The molecule has 0 aliphatic carbocycles. The lowest BCUT2D eigenvalue weighted by atomic mass is 10.1. The van der Waals surface area contributed by atoms with Crippen molar-refractivity contribution in [2.24, 2.45) is 0 Å². The summed E-state index contributed by atoms with van der Waals surface area (Å²) in [4.78, 5) is 13.3. The maximum Gasteiger partial charge on any atom is 0.237 e. The fourth-order valence-corrected chi connectivity index (χ4v) is 3.05. The van der Waals surface area contributed by atoms with Crippen LogP contribution < -0.4 is 4.90 Å². The van der Waals surface area contributed by atoms with Crippen LogP contribution in [0, 0.1) is 0 Å². The standard InChI is InChI=1S/C12H14ClNO3S/c1-2-9-3-5-10(6-4-9)14-8-11(7-12(14)15)18(13,16)17/h3-6,11H,2,7-8H2,1H3. The van der Waals surface area contributed by atoms with Gasteiger partial charge in [-0.1, -0.05) is 19.1 Å². The number of carbonyl (C=O) groups excluding carboxylic acids is 1. The first-order valence-electron chi connectivity index (χ1n) is 5.74. The summed E-state index contributed by atoms with van der Waals surface area (Å²) < 4.78 is 22.5. The Labute approximate surface area is 111 Å². The van der Waals surface area contributed by atoms with Crippen molar-refractivity contribution in [3.63, 3.8) is 0 Å². The van der Waals surface area contributed by atoms with Gasteiger partial charge < -0.3 is 4.90 Å². The Morgan fingerprint density at radius 1 is 1.33 bits per heavy atom. The van der Waals surface area contributed by atoms with Gasteiger partial charge in [0, 0.05) is 29.3 Å². The van der Waals surface area contributed by atoms with E-state index in [1.165, 1.54) is 10.5 Å². The van der Waals surface area contributed by atoms with Crippen LogP contribution in [0.3, 0.4) is 0 Å². The third-order valence-corrected chi connectivity index (χ3v) is 5.01. The minimum Gasteiger partial charge on any atom is -0.311 e. The van der Waals surface area contributed by atoms with Crippen LogP contribution in [0.5, 0.6) is 0 Å². The summed E-state index contributed by atoms with van der Waals surface area (Å²) in [5.41, 5.74) is 1.90. The van der Waals surface area contributed by atoms with Gasteiger partial charge in [0.05, 0.1) is 0 Å². The maximum absolute atomic E-state index is 11.8. The molecule has 1 amide bonds. The second kappa shape index (κ2) is 4.90. The summed E-state index contributed by atoms with van der Waals surface area (Å²) in [7, 11) is 1.62. The van der Waals surface area contributed by atoms with Crippen molar-refractivity contribution in [3.8, 4) is 0 Å². The molecule has 0 spiro atoms. The van der Waals surface area contributed by atoms with E-state index in [9.17, 15) is 13.2 Å². The summed E-state index contributed by atoms with van der Waals surface area (Å²) in [5.74, 6) is -0.200. The Kier molecular flexibility index (Phi) is 3.64. The molecule has 2 rings (SSSR count). The predicted octanol–water partition coefficient (Wildman–Crippen LogP) is 1.92. The van der Waals surface area contributed by atoms with Crippen LogP contribution in [0.15, 0.2) is 24.3 Å². The second-order valence-electron chi connectivity index (χ2n) is 4.33. The average molecular weight is 288 g/mol. The number of halogens is 1. The summed E-state index contributed by atoms with van der Waals surface area (Å²) in [6.07, 6.45) is 0.883. The highest BCUT2D eigenvalue weighted by atomic mass is 35.7. The van der Waals surface area contributed by atoms with Gasteiger partial charge in [-0.15, -0.1) is 0 Å². The molecule has 0 saturated carbocycles. The van der Waals surface area contributed by atoms with Crippen molar-refractivity contribution in [1.82, 2.24) is 0 Å². The molecule has 1 atom stereocenters. The molecule has 1 fully saturated rings. The largest absolute Gasteiger partial charge is 0.311 e. The zero-order valence-corrected chi connectivity index (χ0v) is 11.5. The molecule has 1 aliphatic heterocycles. The molecule has 1 aromatic carbocycles. The first-order valence-corrected chi connectivity index (χ1v) is 8.12. The van der Waals surface area contributed by atoms with E-state index in [-0.39, 0.29) is 18.9 Å². The van der Waals surface area contributed by atoms with Gasteiger partial charge in [0.2, 0.25) is 15.0 Å². The van der Waals surface area contributed by atoms with E-state index in [1.54, 1.807) is 0 Å². The van der Waals surface area contributed by atoms with Crippen molar-refractivity contribution in [3.05, 3.63) is 29.8 Å². The first-order chi connectivity index (χ1) is 8.41. The number of carbonyl (C=O) groups is 1. The van der Waals surface area contributed by atoms with Crippen molar-refractivity contribution < 1.29 is 13.2 Å². The van der Waals surface area contributed by atoms with Gasteiger partial charge in [-0.2, -0.15) is 0 Å². The molecule has 1 saturated heterocycles. The number of amides is 1. The number of hydrogen-bond acceptors (Lipinski definition) is 3. The Morgan fingerprint density at radius 2 is 1.94 bits per heavy atom. The van der Waals surface area contributed by atoms with Gasteiger partial charge in [0.15, 0.2) is 0 Å². The molecule has 1 heterocycles. The molecule has 0 N–H and O–H groups in total. The Morgan fingerprint density at radius 3 is 2.39 bits per heavy atom. The van der Waals surface area contributed by atoms with Crippen LogP contribution in [0.1, 0.15) is 18.9 Å². The van der Waals surface area contributed by atoms with E-state index in [1.807, 2.05) is 31.2 Å². The lowest BCUT2D eigenvalue weighted by Crippen LogP contribution is -2.26. The Balaban J connectivity index is 2.21.